The molecule has 0 radical (unpaired) electrons. The van der Waals surface area contributed by atoms with E-state index in [1.54, 1.807) is 0 Å². The summed E-state index contributed by atoms with van der Waals surface area (Å²) in [7, 11) is 0. The van der Waals surface area contributed by atoms with E-state index in [2.05, 4.69) is 22.4 Å². The van der Waals surface area contributed by atoms with Gasteiger partial charge in [0.2, 0.25) is 5.89 Å². The van der Waals surface area contributed by atoms with Gasteiger partial charge in [0.15, 0.2) is 5.82 Å². The first-order valence-electron chi connectivity index (χ1n) is 5.78. The topological polar surface area (TPSA) is 51.0 Å². The SMILES string of the molecule is Cc1noc(CNC(C)C2CCCC2)n1. The van der Waals surface area contributed by atoms with Crippen molar-refractivity contribution in [2.24, 2.45) is 5.92 Å². The Morgan fingerprint density at radius 3 is 2.80 bits per heavy atom. The van der Waals surface area contributed by atoms with E-state index in [-0.39, 0.29) is 0 Å². The molecule has 1 aromatic rings. The molecule has 0 bridgehead atoms. The highest BCUT2D eigenvalue weighted by Crippen LogP contribution is 2.27. The largest absolute Gasteiger partial charge is 0.338 e. The molecular weight excluding hydrogens is 190 g/mol. The van der Waals surface area contributed by atoms with Crippen molar-refractivity contribution in [3.63, 3.8) is 0 Å². The Balaban J connectivity index is 1.77. The summed E-state index contributed by atoms with van der Waals surface area (Å²) in [6.07, 6.45) is 5.49. The molecular formula is C11H19N3O. The molecule has 15 heavy (non-hydrogen) atoms. The van der Waals surface area contributed by atoms with Crippen molar-refractivity contribution in [2.45, 2.75) is 52.1 Å². The van der Waals surface area contributed by atoms with Gasteiger partial charge in [0.25, 0.3) is 0 Å². The smallest absolute Gasteiger partial charge is 0.240 e. The Labute approximate surface area is 90.4 Å². The monoisotopic (exact) mass is 209 g/mol. The number of nitrogens with zero attached hydrogens (tertiary/aromatic N) is 2. The summed E-state index contributed by atoms with van der Waals surface area (Å²) in [5.74, 6) is 2.23. The maximum atomic E-state index is 5.05. The van der Waals surface area contributed by atoms with Gasteiger partial charge < -0.3 is 9.84 Å². The quantitative estimate of drug-likeness (QED) is 0.824. The van der Waals surface area contributed by atoms with Crippen LogP contribution in [0.1, 0.15) is 44.3 Å². The molecule has 1 atom stereocenters. The van der Waals surface area contributed by atoms with Crippen molar-refractivity contribution >= 4 is 0 Å². The van der Waals surface area contributed by atoms with Gasteiger partial charge in [-0.05, 0) is 32.6 Å². The van der Waals surface area contributed by atoms with Gasteiger partial charge in [-0.2, -0.15) is 4.98 Å². The lowest BCUT2D eigenvalue weighted by molar-refractivity contribution is 0.328. The summed E-state index contributed by atoms with van der Waals surface area (Å²) in [4.78, 5) is 4.17. The van der Waals surface area contributed by atoms with Gasteiger partial charge in [-0.15, -0.1) is 0 Å². The number of rotatable bonds is 4. The molecule has 84 valence electrons. The molecule has 4 nitrogen and oxygen atoms in total. The van der Waals surface area contributed by atoms with E-state index < -0.39 is 0 Å². The van der Waals surface area contributed by atoms with Crippen molar-refractivity contribution < 1.29 is 4.52 Å². The molecule has 1 saturated carbocycles. The minimum atomic E-state index is 0.555. The molecule has 1 fully saturated rings. The molecule has 0 aromatic carbocycles. The molecule has 2 rings (SSSR count). The second-order valence-electron chi connectivity index (χ2n) is 4.45. The number of aryl methyl sites for hydroxylation is 1. The van der Waals surface area contributed by atoms with Crippen LogP contribution in [0.4, 0.5) is 0 Å². The Hall–Kier alpha value is -0.900. The number of hydrogen-bond donors (Lipinski definition) is 1. The van der Waals surface area contributed by atoms with Crippen LogP contribution >= 0.6 is 0 Å². The lowest BCUT2D eigenvalue weighted by Gasteiger charge is -2.19. The van der Waals surface area contributed by atoms with Crippen molar-refractivity contribution in [3.05, 3.63) is 11.7 Å². The van der Waals surface area contributed by atoms with Gasteiger partial charge >= 0.3 is 0 Å². The van der Waals surface area contributed by atoms with Crippen LogP contribution in [0, 0.1) is 12.8 Å². The Kier molecular flexibility index (Phi) is 3.36. The van der Waals surface area contributed by atoms with Crippen LogP contribution < -0.4 is 5.32 Å². The van der Waals surface area contributed by atoms with Crippen molar-refractivity contribution in [1.82, 2.24) is 15.5 Å². The minimum absolute atomic E-state index is 0.555. The summed E-state index contributed by atoms with van der Waals surface area (Å²) in [6, 6.07) is 0.555. The third kappa shape index (κ3) is 2.78. The van der Waals surface area contributed by atoms with Crippen LogP contribution in [0.3, 0.4) is 0 Å². The summed E-state index contributed by atoms with van der Waals surface area (Å²) in [5.41, 5.74) is 0. The first-order valence-corrected chi connectivity index (χ1v) is 5.78. The molecule has 0 aliphatic heterocycles. The second kappa shape index (κ2) is 4.75. The van der Waals surface area contributed by atoms with E-state index in [9.17, 15) is 0 Å². The van der Waals surface area contributed by atoms with Gasteiger partial charge in [0.1, 0.15) is 0 Å². The number of nitrogens with one attached hydrogen (secondary N) is 1. The Morgan fingerprint density at radius 2 is 2.20 bits per heavy atom. The molecule has 1 aliphatic carbocycles. The zero-order chi connectivity index (χ0) is 10.7. The van der Waals surface area contributed by atoms with Crippen LogP contribution in [-0.4, -0.2) is 16.2 Å². The van der Waals surface area contributed by atoms with Gasteiger partial charge in [-0.3, -0.25) is 0 Å². The van der Waals surface area contributed by atoms with Gasteiger partial charge in [-0.25, -0.2) is 0 Å². The van der Waals surface area contributed by atoms with Crippen molar-refractivity contribution in [3.8, 4) is 0 Å². The second-order valence-corrected chi connectivity index (χ2v) is 4.45. The molecule has 1 aliphatic rings. The Morgan fingerprint density at radius 1 is 1.47 bits per heavy atom. The van der Waals surface area contributed by atoms with Crippen molar-refractivity contribution in [2.75, 3.05) is 0 Å². The highest BCUT2D eigenvalue weighted by molar-refractivity contribution is 4.84. The molecule has 0 spiro atoms. The summed E-state index contributed by atoms with van der Waals surface area (Å²) in [6.45, 7) is 4.78. The predicted molar refractivity (Wildman–Crippen MR) is 57.3 cm³/mol. The average Bonchev–Trinajstić information content (AvgIpc) is 2.84. The highest BCUT2D eigenvalue weighted by atomic mass is 16.5. The van der Waals surface area contributed by atoms with Crippen LogP contribution in [0.25, 0.3) is 0 Å². The number of aromatic nitrogens is 2. The maximum absolute atomic E-state index is 5.05. The first kappa shape index (κ1) is 10.6. The van der Waals surface area contributed by atoms with E-state index in [1.165, 1.54) is 25.7 Å². The standard InChI is InChI=1S/C11H19N3O/c1-8(10-5-3-4-6-10)12-7-11-13-9(2)14-15-11/h8,10,12H,3-7H2,1-2H3. The average molecular weight is 209 g/mol. The molecule has 1 heterocycles. The first-order chi connectivity index (χ1) is 7.25. The molecule has 4 heteroatoms. The zero-order valence-electron chi connectivity index (χ0n) is 9.49. The fraction of sp³-hybridized carbons (Fsp3) is 0.818. The molecule has 1 aromatic heterocycles. The van der Waals surface area contributed by atoms with E-state index in [0.717, 1.165) is 5.92 Å². The predicted octanol–water partition coefficient (Wildman–Crippen LogP) is 2.05. The van der Waals surface area contributed by atoms with E-state index in [0.29, 0.717) is 24.3 Å². The van der Waals surface area contributed by atoms with Crippen LogP contribution in [0.15, 0.2) is 4.52 Å². The fourth-order valence-corrected chi connectivity index (χ4v) is 2.28. The zero-order valence-corrected chi connectivity index (χ0v) is 9.49. The number of hydrogen-bond acceptors (Lipinski definition) is 4. The third-order valence-electron chi connectivity index (χ3n) is 3.25. The fourth-order valence-electron chi connectivity index (χ4n) is 2.28. The molecule has 1 N–H and O–H groups in total. The van der Waals surface area contributed by atoms with E-state index in [4.69, 9.17) is 4.52 Å². The Bertz CT molecular complexity index is 305. The molecule has 1 unspecified atom stereocenters. The molecule has 0 amide bonds. The summed E-state index contributed by atoms with van der Waals surface area (Å²) >= 11 is 0. The van der Waals surface area contributed by atoms with Crippen LogP contribution in [-0.2, 0) is 6.54 Å². The lowest BCUT2D eigenvalue weighted by Crippen LogP contribution is -2.31. The van der Waals surface area contributed by atoms with E-state index in [1.807, 2.05) is 6.92 Å². The van der Waals surface area contributed by atoms with Gasteiger partial charge in [0, 0.05) is 6.04 Å². The van der Waals surface area contributed by atoms with Crippen LogP contribution in [0.2, 0.25) is 0 Å². The molecule has 0 saturated heterocycles. The van der Waals surface area contributed by atoms with Gasteiger partial charge in [0.05, 0.1) is 6.54 Å². The highest BCUT2D eigenvalue weighted by Gasteiger charge is 2.21. The minimum Gasteiger partial charge on any atom is -0.338 e. The lowest BCUT2D eigenvalue weighted by atomic mass is 10.00. The van der Waals surface area contributed by atoms with Crippen molar-refractivity contribution in [1.29, 1.82) is 0 Å². The summed E-state index contributed by atoms with van der Waals surface area (Å²) in [5, 5.41) is 7.22. The summed E-state index contributed by atoms with van der Waals surface area (Å²) < 4.78 is 5.05. The maximum Gasteiger partial charge on any atom is 0.240 e. The van der Waals surface area contributed by atoms with Crippen LogP contribution in [0.5, 0.6) is 0 Å². The third-order valence-corrected chi connectivity index (χ3v) is 3.25. The normalized spacial score (nSPS) is 19.6. The van der Waals surface area contributed by atoms with Gasteiger partial charge in [-0.1, -0.05) is 18.0 Å². The van der Waals surface area contributed by atoms with E-state index >= 15 is 0 Å².